The Bertz CT molecular complexity index is 478. The quantitative estimate of drug-likeness (QED) is 0.838. The second-order valence-corrected chi connectivity index (χ2v) is 5.36. The summed E-state index contributed by atoms with van der Waals surface area (Å²) in [4.78, 5) is 18.4. The van der Waals surface area contributed by atoms with Crippen molar-refractivity contribution in [3.63, 3.8) is 0 Å². The lowest BCUT2D eigenvalue weighted by Gasteiger charge is -2.32. The Kier molecular flexibility index (Phi) is 3.38. The number of carbonyl (C=O) groups excluding carboxylic acids is 1. The number of aromatic hydroxyl groups is 1. The molecule has 3 rings (SSSR count). The van der Waals surface area contributed by atoms with Gasteiger partial charge in [-0.25, -0.2) is 0 Å². The van der Waals surface area contributed by atoms with E-state index in [1.165, 1.54) is 25.2 Å². The fourth-order valence-electron chi connectivity index (χ4n) is 3.24. The number of hydrogen-bond donors (Lipinski definition) is 2. The molecule has 1 aromatic heterocycles. The predicted molar refractivity (Wildman–Crippen MR) is 71.0 cm³/mol. The van der Waals surface area contributed by atoms with Crippen molar-refractivity contribution in [1.29, 1.82) is 0 Å². The zero-order valence-corrected chi connectivity index (χ0v) is 10.9. The predicted octanol–water partition coefficient (Wildman–Crippen LogP) is 1.14. The Morgan fingerprint density at radius 1 is 1.37 bits per heavy atom. The first-order valence-electron chi connectivity index (χ1n) is 6.93. The molecule has 19 heavy (non-hydrogen) atoms. The van der Waals surface area contributed by atoms with E-state index in [4.69, 9.17) is 0 Å². The van der Waals surface area contributed by atoms with Crippen molar-refractivity contribution in [3.8, 4) is 5.75 Å². The van der Waals surface area contributed by atoms with Crippen LogP contribution < -0.4 is 5.32 Å². The molecule has 0 aliphatic carbocycles. The third kappa shape index (κ3) is 2.42. The minimum atomic E-state index is -0.197. The molecule has 2 aliphatic rings. The van der Waals surface area contributed by atoms with Crippen LogP contribution in [0.15, 0.2) is 18.5 Å². The molecule has 0 saturated carbocycles. The van der Waals surface area contributed by atoms with E-state index in [0.29, 0.717) is 11.6 Å². The molecule has 0 bridgehead atoms. The van der Waals surface area contributed by atoms with E-state index in [2.05, 4.69) is 15.2 Å². The molecule has 0 spiro atoms. The van der Waals surface area contributed by atoms with Crippen molar-refractivity contribution in [2.24, 2.45) is 0 Å². The fraction of sp³-hybridized carbons (Fsp3) is 0.571. The van der Waals surface area contributed by atoms with Gasteiger partial charge in [0.25, 0.3) is 5.91 Å². The summed E-state index contributed by atoms with van der Waals surface area (Å²) >= 11 is 0. The van der Waals surface area contributed by atoms with Crippen LogP contribution >= 0.6 is 0 Å². The topological polar surface area (TPSA) is 65.5 Å². The Labute approximate surface area is 112 Å². The van der Waals surface area contributed by atoms with Crippen LogP contribution in [-0.2, 0) is 0 Å². The number of rotatable bonds is 2. The number of amides is 1. The molecule has 5 heteroatoms. The van der Waals surface area contributed by atoms with Crippen molar-refractivity contribution >= 4 is 5.91 Å². The highest BCUT2D eigenvalue weighted by molar-refractivity contribution is 5.96. The molecule has 2 unspecified atom stereocenters. The van der Waals surface area contributed by atoms with Gasteiger partial charge in [0.15, 0.2) is 0 Å². The van der Waals surface area contributed by atoms with E-state index in [-0.39, 0.29) is 17.7 Å². The maximum Gasteiger partial charge on any atom is 0.255 e. The van der Waals surface area contributed by atoms with E-state index in [1.54, 1.807) is 6.07 Å². The van der Waals surface area contributed by atoms with Gasteiger partial charge < -0.3 is 10.4 Å². The third-order valence-corrected chi connectivity index (χ3v) is 4.22. The van der Waals surface area contributed by atoms with E-state index in [9.17, 15) is 9.90 Å². The molecule has 0 radical (unpaired) electrons. The van der Waals surface area contributed by atoms with Crippen molar-refractivity contribution < 1.29 is 9.90 Å². The highest BCUT2D eigenvalue weighted by Gasteiger charge is 2.36. The fourth-order valence-corrected chi connectivity index (χ4v) is 3.24. The smallest absolute Gasteiger partial charge is 0.255 e. The van der Waals surface area contributed by atoms with Gasteiger partial charge in [-0.05, 0) is 31.9 Å². The minimum absolute atomic E-state index is 0.0569. The van der Waals surface area contributed by atoms with E-state index in [1.807, 2.05) is 0 Å². The standard InChI is InChI=1S/C14H19N3O2/c18-13-9-15-6-4-10(13)14(19)16-11-5-8-17-7-2-1-3-12(11)17/h4,6,9,11-12,18H,1-3,5,7-8H2,(H,16,19). The van der Waals surface area contributed by atoms with Gasteiger partial charge >= 0.3 is 0 Å². The van der Waals surface area contributed by atoms with Crippen LogP contribution in [0.4, 0.5) is 0 Å². The number of piperidine rings is 1. The molecule has 3 heterocycles. The van der Waals surface area contributed by atoms with Crippen LogP contribution in [0.2, 0.25) is 0 Å². The molecule has 1 amide bonds. The third-order valence-electron chi connectivity index (χ3n) is 4.22. The summed E-state index contributed by atoms with van der Waals surface area (Å²) in [6.07, 6.45) is 7.50. The van der Waals surface area contributed by atoms with Gasteiger partial charge in [0, 0.05) is 24.8 Å². The summed E-state index contributed by atoms with van der Waals surface area (Å²) in [5.74, 6) is -0.254. The highest BCUT2D eigenvalue weighted by atomic mass is 16.3. The molecule has 102 valence electrons. The number of hydrogen-bond acceptors (Lipinski definition) is 4. The van der Waals surface area contributed by atoms with E-state index < -0.39 is 0 Å². The molecule has 2 saturated heterocycles. The summed E-state index contributed by atoms with van der Waals surface area (Å²) in [7, 11) is 0. The zero-order chi connectivity index (χ0) is 13.2. The molecule has 2 atom stereocenters. The number of fused-ring (bicyclic) bond motifs is 1. The average Bonchev–Trinajstić information content (AvgIpc) is 2.83. The van der Waals surface area contributed by atoms with Gasteiger partial charge in [0.2, 0.25) is 0 Å². The van der Waals surface area contributed by atoms with Crippen molar-refractivity contribution in [2.45, 2.75) is 37.8 Å². The van der Waals surface area contributed by atoms with Crippen LogP contribution in [0.1, 0.15) is 36.0 Å². The van der Waals surface area contributed by atoms with Crippen LogP contribution in [0.3, 0.4) is 0 Å². The number of aromatic nitrogens is 1. The Morgan fingerprint density at radius 3 is 3.11 bits per heavy atom. The second kappa shape index (κ2) is 5.17. The van der Waals surface area contributed by atoms with Crippen molar-refractivity contribution in [2.75, 3.05) is 13.1 Å². The SMILES string of the molecule is O=C(NC1CCN2CCCCC12)c1ccncc1O. The average molecular weight is 261 g/mol. The normalized spacial score (nSPS) is 26.9. The maximum atomic E-state index is 12.2. The van der Waals surface area contributed by atoms with Crippen molar-refractivity contribution in [3.05, 3.63) is 24.0 Å². The number of nitrogens with one attached hydrogen (secondary N) is 1. The number of pyridine rings is 1. The first kappa shape index (κ1) is 12.4. The molecule has 2 fully saturated rings. The second-order valence-electron chi connectivity index (χ2n) is 5.36. The monoisotopic (exact) mass is 261 g/mol. The van der Waals surface area contributed by atoms with Crippen LogP contribution in [0, 0.1) is 0 Å². The molecular formula is C14H19N3O2. The van der Waals surface area contributed by atoms with Gasteiger partial charge in [-0.1, -0.05) is 6.42 Å². The lowest BCUT2D eigenvalue weighted by atomic mass is 9.99. The minimum Gasteiger partial charge on any atom is -0.505 e. The molecular weight excluding hydrogens is 242 g/mol. The lowest BCUT2D eigenvalue weighted by molar-refractivity contribution is 0.0912. The molecule has 2 N–H and O–H groups in total. The summed E-state index contributed by atoms with van der Waals surface area (Å²) in [5.41, 5.74) is 0.309. The first-order chi connectivity index (χ1) is 9.25. The first-order valence-corrected chi connectivity index (χ1v) is 6.93. The van der Waals surface area contributed by atoms with Crippen molar-refractivity contribution in [1.82, 2.24) is 15.2 Å². The molecule has 2 aliphatic heterocycles. The van der Waals surface area contributed by atoms with Gasteiger partial charge in [0.1, 0.15) is 5.75 Å². The maximum absolute atomic E-state index is 12.2. The zero-order valence-electron chi connectivity index (χ0n) is 10.9. The summed E-state index contributed by atoms with van der Waals surface area (Å²) in [5, 5.41) is 12.7. The van der Waals surface area contributed by atoms with Gasteiger partial charge in [0.05, 0.1) is 11.8 Å². The molecule has 1 aromatic rings. The Balaban J connectivity index is 1.68. The van der Waals surface area contributed by atoms with Gasteiger partial charge in [-0.15, -0.1) is 0 Å². The highest BCUT2D eigenvalue weighted by Crippen LogP contribution is 2.27. The van der Waals surface area contributed by atoms with Crippen LogP contribution in [0.25, 0.3) is 0 Å². The summed E-state index contributed by atoms with van der Waals surface area (Å²) in [6, 6.07) is 2.24. The number of carbonyl (C=O) groups is 1. The van der Waals surface area contributed by atoms with E-state index >= 15 is 0 Å². The van der Waals surface area contributed by atoms with Gasteiger partial charge in [-0.3, -0.25) is 14.7 Å². The van der Waals surface area contributed by atoms with Gasteiger partial charge in [-0.2, -0.15) is 0 Å². The number of nitrogens with zero attached hydrogens (tertiary/aromatic N) is 2. The largest absolute Gasteiger partial charge is 0.505 e. The Hall–Kier alpha value is -1.62. The lowest BCUT2D eigenvalue weighted by Crippen LogP contribution is -2.46. The van der Waals surface area contributed by atoms with Crippen LogP contribution in [0.5, 0.6) is 5.75 Å². The molecule has 5 nitrogen and oxygen atoms in total. The van der Waals surface area contributed by atoms with Crippen LogP contribution in [-0.4, -0.2) is 46.1 Å². The van der Waals surface area contributed by atoms with E-state index in [0.717, 1.165) is 25.9 Å². The molecule has 0 aromatic carbocycles. The Morgan fingerprint density at radius 2 is 2.26 bits per heavy atom. The summed E-state index contributed by atoms with van der Waals surface area (Å²) < 4.78 is 0. The summed E-state index contributed by atoms with van der Waals surface area (Å²) in [6.45, 7) is 2.22.